The van der Waals surface area contributed by atoms with E-state index in [0.29, 0.717) is 0 Å². The molecule has 1 aromatic carbocycles. The molecule has 0 bridgehead atoms. The summed E-state index contributed by atoms with van der Waals surface area (Å²) in [5.74, 6) is -0.344. The van der Waals surface area contributed by atoms with Crippen molar-refractivity contribution in [1.82, 2.24) is 29.5 Å². The molecule has 27 heavy (non-hydrogen) atoms. The first kappa shape index (κ1) is 20.3. The first-order valence-corrected chi connectivity index (χ1v) is 10.6. The van der Waals surface area contributed by atoms with E-state index in [1.165, 1.54) is 21.5 Å². The molecule has 2 heterocycles. The second-order valence-electron chi connectivity index (χ2n) is 5.67. The smallest absolute Gasteiger partial charge is 0.233 e. The van der Waals surface area contributed by atoms with Crippen molar-refractivity contribution >= 4 is 56.2 Å². The normalized spacial score (nSPS) is 13.1. The second-order valence-corrected chi connectivity index (χ2v) is 9.06. The maximum absolute atomic E-state index is 12.9. The molecule has 0 fully saturated rings. The van der Waals surface area contributed by atoms with Gasteiger partial charge in [-0.3, -0.25) is 0 Å². The third-order valence-electron chi connectivity index (χ3n) is 3.69. The van der Waals surface area contributed by atoms with Crippen molar-refractivity contribution in [2.24, 2.45) is 0 Å². The Labute approximate surface area is 174 Å². The first-order valence-electron chi connectivity index (χ1n) is 7.48. The molecule has 8 nitrogen and oxygen atoms in total. The molecule has 13 heteroatoms. The van der Waals surface area contributed by atoms with Crippen molar-refractivity contribution in [3.8, 4) is 0 Å². The summed E-state index contributed by atoms with van der Waals surface area (Å²) in [6.45, 7) is 1.86. The summed E-state index contributed by atoms with van der Waals surface area (Å²) in [6, 6.07) is 5.71. The van der Waals surface area contributed by atoms with Gasteiger partial charge in [-0.15, -0.1) is 10.2 Å². The number of sulfone groups is 1. The number of rotatable bonds is 6. The predicted octanol–water partition coefficient (Wildman–Crippen LogP) is 3.51. The number of aryl methyl sites for hydroxylation is 1. The Bertz CT molecular complexity index is 1060. The Balaban J connectivity index is 1.97. The summed E-state index contributed by atoms with van der Waals surface area (Å²) < 4.78 is 28.2. The summed E-state index contributed by atoms with van der Waals surface area (Å²) >= 11 is 23.6. The third kappa shape index (κ3) is 4.72. The van der Waals surface area contributed by atoms with Gasteiger partial charge in [-0.1, -0.05) is 17.7 Å². The molecular weight excluding hydrogens is 458 g/mol. The van der Waals surface area contributed by atoms with Crippen molar-refractivity contribution < 1.29 is 8.42 Å². The minimum Gasteiger partial charge on any atom is -0.233 e. The van der Waals surface area contributed by atoms with Gasteiger partial charge in [0.1, 0.15) is 0 Å². The molecule has 0 aliphatic rings. The van der Waals surface area contributed by atoms with Crippen molar-refractivity contribution in [3.05, 3.63) is 51.0 Å². The molecule has 0 N–H and O–H groups in total. The summed E-state index contributed by atoms with van der Waals surface area (Å²) in [5, 5.41) is 7.66. The van der Waals surface area contributed by atoms with Gasteiger partial charge in [0.05, 0.1) is 23.2 Å². The summed E-state index contributed by atoms with van der Waals surface area (Å²) in [6.07, 6.45) is 0. The summed E-state index contributed by atoms with van der Waals surface area (Å²) in [7, 11) is -3.69. The van der Waals surface area contributed by atoms with Crippen molar-refractivity contribution in [2.45, 2.75) is 24.4 Å². The topological polar surface area (TPSA) is 95.6 Å². The van der Waals surface area contributed by atoms with E-state index in [9.17, 15) is 8.42 Å². The monoisotopic (exact) mass is 468 g/mol. The molecule has 3 rings (SSSR count). The van der Waals surface area contributed by atoms with E-state index in [4.69, 9.17) is 46.4 Å². The molecule has 0 saturated heterocycles. The van der Waals surface area contributed by atoms with Crippen LogP contribution in [0.1, 0.15) is 11.6 Å². The molecule has 2 aromatic heterocycles. The fraction of sp³-hybridized carbons (Fsp3) is 0.286. The molecule has 0 aliphatic carbocycles. The van der Waals surface area contributed by atoms with E-state index < -0.39 is 15.9 Å². The number of hydrogen-bond acceptors (Lipinski definition) is 6. The number of nitrogens with zero attached hydrogens (tertiary/aromatic N) is 6. The molecule has 144 valence electrons. The Morgan fingerprint density at radius 2 is 1.56 bits per heavy atom. The quantitative estimate of drug-likeness (QED) is 0.548. The minimum absolute atomic E-state index is 0.0000635. The van der Waals surface area contributed by atoms with Crippen molar-refractivity contribution in [2.75, 3.05) is 5.75 Å². The molecule has 1 unspecified atom stereocenters. The third-order valence-corrected chi connectivity index (χ3v) is 6.36. The van der Waals surface area contributed by atoms with Gasteiger partial charge in [0.2, 0.25) is 21.1 Å². The zero-order valence-corrected chi connectivity index (χ0v) is 17.6. The summed E-state index contributed by atoms with van der Waals surface area (Å²) in [5.41, 5.74) is 0.945. The van der Waals surface area contributed by atoms with E-state index >= 15 is 0 Å². The molecule has 0 saturated carbocycles. The van der Waals surface area contributed by atoms with Gasteiger partial charge < -0.3 is 0 Å². The molecule has 0 spiro atoms. The minimum atomic E-state index is -3.69. The van der Waals surface area contributed by atoms with Gasteiger partial charge >= 0.3 is 0 Å². The van der Waals surface area contributed by atoms with Gasteiger partial charge in [-0.2, -0.15) is 9.97 Å². The highest BCUT2D eigenvalue weighted by Crippen LogP contribution is 2.24. The summed E-state index contributed by atoms with van der Waals surface area (Å²) in [4.78, 5) is 7.75. The van der Waals surface area contributed by atoms with E-state index in [2.05, 4.69) is 20.2 Å². The van der Waals surface area contributed by atoms with Crippen LogP contribution in [0.2, 0.25) is 21.1 Å². The zero-order valence-electron chi connectivity index (χ0n) is 13.7. The molecule has 3 aromatic rings. The first-order chi connectivity index (χ1) is 12.7. The fourth-order valence-electron chi connectivity index (χ4n) is 2.42. The highest BCUT2D eigenvalue weighted by Gasteiger charge is 2.27. The number of aromatic nitrogens is 6. The van der Waals surface area contributed by atoms with E-state index in [0.717, 1.165) is 5.56 Å². The van der Waals surface area contributed by atoms with Gasteiger partial charge in [0, 0.05) is 0 Å². The Hall–Kier alpha value is -1.39. The molecule has 0 amide bonds. The van der Waals surface area contributed by atoms with E-state index in [-0.39, 0.29) is 38.3 Å². The lowest BCUT2D eigenvalue weighted by molar-refractivity contribution is 0.404. The molecule has 1 atom stereocenters. The fourth-order valence-corrected chi connectivity index (χ4v) is 4.78. The zero-order chi connectivity index (χ0) is 19.8. The standard InChI is InChI=1S/C14H12Cl4N6O2S/c1-8-2-4-10(5-3-8)27(25,26)7-9(24-14(18)20-12(16)22-24)6-23-13(17)19-11(15)21-23/h2-5,9H,6-7H2,1H3. The second kappa shape index (κ2) is 7.92. The number of benzene rings is 1. The van der Waals surface area contributed by atoms with Crippen molar-refractivity contribution in [3.63, 3.8) is 0 Å². The van der Waals surface area contributed by atoms with Crippen LogP contribution in [-0.4, -0.2) is 43.7 Å². The van der Waals surface area contributed by atoms with Crippen LogP contribution >= 0.6 is 46.4 Å². The average Bonchev–Trinajstić information content (AvgIpc) is 3.07. The van der Waals surface area contributed by atoms with Crippen LogP contribution in [-0.2, 0) is 16.4 Å². The van der Waals surface area contributed by atoms with Crippen LogP contribution < -0.4 is 0 Å². The van der Waals surface area contributed by atoms with Gasteiger partial charge in [-0.25, -0.2) is 17.8 Å². The van der Waals surface area contributed by atoms with Gasteiger partial charge in [-0.05, 0) is 65.5 Å². The Kier molecular flexibility index (Phi) is 5.97. The molecule has 0 aliphatic heterocycles. The largest absolute Gasteiger partial charge is 0.243 e. The van der Waals surface area contributed by atoms with E-state index in [1.807, 2.05) is 6.92 Å². The van der Waals surface area contributed by atoms with E-state index in [1.54, 1.807) is 12.1 Å². The van der Waals surface area contributed by atoms with Crippen molar-refractivity contribution in [1.29, 1.82) is 0 Å². The van der Waals surface area contributed by atoms with Gasteiger partial charge in [0.15, 0.2) is 9.84 Å². The lowest BCUT2D eigenvalue weighted by Crippen LogP contribution is -2.26. The van der Waals surface area contributed by atoms with Crippen LogP contribution in [0.5, 0.6) is 0 Å². The lowest BCUT2D eigenvalue weighted by atomic mass is 10.2. The van der Waals surface area contributed by atoms with Crippen LogP contribution in [0.4, 0.5) is 0 Å². The number of hydrogen-bond donors (Lipinski definition) is 0. The number of halogens is 4. The van der Waals surface area contributed by atoms with Gasteiger partial charge in [0.25, 0.3) is 0 Å². The molecular formula is C14H12Cl4N6O2S. The van der Waals surface area contributed by atoms with Crippen LogP contribution in [0.3, 0.4) is 0 Å². The van der Waals surface area contributed by atoms with Crippen LogP contribution in [0.25, 0.3) is 0 Å². The molecule has 0 radical (unpaired) electrons. The van der Waals surface area contributed by atoms with Crippen LogP contribution in [0, 0.1) is 6.92 Å². The average molecular weight is 470 g/mol. The Morgan fingerprint density at radius 1 is 0.963 bits per heavy atom. The highest BCUT2D eigenvalue weighted by molar-refractivity contribution is 7.91. The Morgan fingerprint density at radius 3 is 2.07 bits per heavy atom. The lowest BCUT2D eigenvalue weighted by Gasteiger charge is -2.18. The SMILES string of the molecule is Cc1ccc(S(=O)(=O)CC(Cn2nc(Cl)nc2Cl)n2nc(Cl)nc2Cl)cc1. The van der Waals surface area contributed by atoms with Crippen LogP contribution in [0.15, 0.2) is 29.2 Å². The maximum atomic E-state index is 12.9. The maximum Gasteiger partial charge on any atom is 0.243 e. The predicted molar refractivity (Wildman–Crippen MR) is 102 cm³/mol. The highest BCUT2D eigenvalue weighted by atomic mass is 35.5.